The second-order valence-electron chi connectivity index (χ2n) is 9.28. The molecule has 33 heavy (non-hydrogen) atoms. The van der Waals surface area contributed by atoms with Gasteiger partial charge in [0.05, 0.1) is 0 Å². The smallest absolute Gasteiger partial charge is 0.194 e. The number of hydrogen-bond donors (Lipinski definition) is 0. The van der Waals surface area contributed by atoms with Crippen molar-refractivity contribution in [3.63, 3.8) is 0 Å². The molecule has 0 aromatic heterocycles. The van der Waals surface area contributed by atoms with Crippen LogP contribution in [0, 0.1) is 23.3 Å². The van der Waals surface area contributed by atoms with E-state index in [1.807, 2.05) is 30.3 Å². The zero-order valence-electron chi connectivity index (χ0n) is 19.0. The largest absolute Gasteiger partial charge is 0.206 e. The van der Waals surface area contributed by atoms with Crippen molar-refractivity contribution in [1.82, 2.24) is 0 Å². The van der Waals surface area contributed by atoms with Gasteiger partial charge in [-0.2, -0.15) is 0 Å². The molecule has 5 heteroatoms. The molecule has 0 amide bonds. The molecule has 1 aliphatic heterocycles. The predicted molar refractivity (Wildman–Crippen MR) is 129 cm³/mol. The zero-order chi connectivity index (χ0) is 23.4. The number of hydrogen-bond acceptors (Lipinski definition) is 0. The van der Waals surface area contributed by atoms with Crippen LogP contribution in [0.4, 0.5) is 17.6 Å². The van der Waals surface area contributed by atoms with Crippen LogP contribution in [0.15, 0.2) is 54.6 Å². The maximum Gasteiger partial charge on any atom is 0.194 e. The summed E-state index contributed by atoms with van der Waals surface area (Å²) in [6.45, 7) is 2.27. The highest BCUT2D eigenvalue weighted by molar-refractivity contribution is 6.59. The fourth-order valence-corrected chi connectivity index (χ4v) is 8.53. The highest BCUT2D eigenvalue weighted by atomic mass is 28.3. The normalized spacial score (nSPS) is 18.5. The summed E-state index contributed by atoms with van der Waals surface area (Å²) in [6, 6.07) is 19.5. The predicted octanol–water partition coefficient (Wildman–Crippen LogP) is 8.21. The van der Waals surface area contributed by atoms with Gasteiger partial charge in [-0.3, -0.25) is 0 Å². The molecule has 0 radical (unpaired) electrons. The molecule has 0 spiro atoms. The topological polar surface area (TPSA) is 0 Å². The molecule has 0 nitrogen and oxygen atoms in total. The van der Waals surface area contributed by atoms with E-state index < -0.39 is 26.2 Å². The molecule has 0 unspecified atom stereocenters. The molecule has 0 aliphatic carbocycles. The van der Waals surface area contributed by atoms with Gasteiger partial charge in [0.1, 0.15) is 5.82 Å². The fourth-order valence-electron chi connectivity index (χ4n) is 5.10. The van der Waals surface area contributed by atoms with Crippen molar-refractivity contribution in [3.8, 4) is 11.1 Å². The van der Waals surface area contributed by atoms with E-state index in [0.29, 0.717) is 17.9 Å². The maximum atomic E-state index is 15.0. The summed E-state index contributed by atoms with van der Waals surface area (Å²) in [5.74, 6) is -3.46. The lowest BCUT2D eigenvalue weighted by Gasteiger charge is -2.28. The third kappa shape index (κ3) is 5.57. The Hall–Kier alpha value is -2.40. The van der Waals surface area contributed by atoms with Gasteiger partial charge in [-0.15, -0.1) is 0 Å². The summed E-state index contributed by atoms with van der Waals surface area (Å²) in [4.78, 5) is 0. The van der Waals surface area contributed by atoms with Gasteiger partial charge in [-0.25, -0.2) is 17.6 Å². The first-order chi connectivity index (χ1) is 16.0. The van der Waals surface area contributed by atoms with Crippen molar-refractivity contribution in [2.45, 2.75) is 63.1 Å². The first-order valence-electron chi connectivity index (χ1n) is 12.0. The third-order valence-electron chi connectivity index (χ3n) is 7.07. The van der Waals surface area contributed by atoms with E-state index in [4.69, 9.17) is 0 Å². The summed E-state index contributed by atoms with van der Waals surface area (Å²) in [6.07, 6.45) is 4.43. The Morgan fingerprint density at radius 1 is 0.788 bits per heavy atom. The van der Waals surface area contributed by atoms with E-state index in [2.05, 4.69) is 13.0 Å². The van der Waals surface area contributed by atoms with Gasteiger partial charge in [0, 0.05) is 14.4 Å². The van der Waals surface area contributed by atoms with Crippen molar-refractivity contribution in [1.29, 1.82) is 0 Å². The first-order valence-corrected chi connectivity index (χ1v) is 14.4. The van der Waals surface area contributed by atoms with Gasteiger partial charge in [0.2, 0.25) is 0 Å². The first kappa shape index (κ1) is 23.7. The van der Waals surface area contributed by atoms with Gasteiger partial charge < -0.3 is 0 Å². The number of halogens is 4. The average Bonchev–Trinajstić information content (AvgIpc) is 2.83. The second kappa shape index (κ2) is 10.7. The minimum Gasteiger partial charge on any atom is -0.206 e. The Labute approximate surface area is 195 Å². The minimum atomic E-state index is -1.43. The lowest BCUT2D eigenvalue weighted by Crippen LogP contribution is -2.20. The van der Waals surface area contributed by atoms with Gasteiger partial charge in [0.15, 0.2) is 17.5 Å². The molecule has 4 rings (SSSR count). The number of benzene rings is 3. The van der Waals surface area contributed by atoms with E-state index in [0.717, 1.165) is 22.8 Å². The molecule has 0 saturated carbocycles. The lowest BCUT2D eigenvalue weighted by molar-refractivity contribution is 0.441. The SMILES string of the molecule is CCC[SiH]1CCC(c2ccc(-c3ccc(CCc4ccc(F)c(F)c4F)cc3)c(F)c2)CC1. The van der Waals surface area contributed by atoms with E-state index in [1.165, 1.54) is 43.5 Å². The second-order valence-corrected chi connectivity index (χ2v) is 12.7. The third-order valence-corrected chi connectivity index (χ3v) is 10.8. The Bertz CT molecular complexity index is 1090. The average molecular weight is 471 g/mol. The van der Waals surface area contributed by atoms with E-state index in [1.54, 1.807) is 6.07 Å². The molecular formula is C28H30F4Si. The Kier molecular flexibility index (Phi) is 7.69. The van der Waals surface area contributed by atoms with Crippen LogP contribution in [-0.4, -0.2) is 8.80 Å². The molecule has 0 atom stereocenters. The molecule has 1 aliphatic rings. The van der Waals surface area contributed by atoms with Crippen LogP contribution in [-0.2, 0) is 12.8 Å². The number of rotatable bonds is 7. The summed E-state index contributed by atoms with van der Waals surface area (Å²) < 4.78 is 55.3. The van der Waals surface area contributed by atoms with Crippen LogP contribution >= 0.6 is 0 Å². The van der Waals surface area contributed by atoms with E-state index in [-0.39, 0.29) is 17.8 Å². The van der Waals surface area contributed by atoms with Crippen LogP contribution in [0.3, 0.4) is 0 Å². The summed E-state index contributed by atoms with van der Waals surface area (Å²) in [5.41, 5.74) is 3.55. The van der Waals surface area contributed by atoms with Gasteiger partial charge in [-0.1, -0.05) is 73.9 Å². The molecule has 0 bridgehead atoms. The Morgan fingerprint density at radius 3 is 2.18 bits per heavy atom. The van der Waals surface area contributed by atoms with Crippen molar-refractivity contribution < 1.29 is 17.6 Å². The summed E-state index contributed by atoms with van der Waals surface area (Å²) in [5, 5.41) is 0. The monoisotopic (exact) mass is 470 g/mol. The molecular weight excluding hydrogens is 440 g/mol. The van der Waals surface area contributed by atoms with Gasteiger partial charge >= 0.3 is 0 Å². The van der Waals surface area contributed by atoms with Crippen molar-refractivity contribution >= 4 is 8.80 Å². The van der Waals surface area contributed by atoms with Crippen LogP contribution < -0.4 is 0 Å². The van der Waals surface area contributed by atoms with Crippen molar-refractivity contribution in [3.05, 3.63) is 94.6 Å². The van der Waals surface area contributed by atoms with Crippen LogP contribution in [0.2, 0.25) is 18.1 Å². The molecule has 1 saturated heterocycles. The zero-order valence-corrected chi connectivity index (χ0v) is 20.2. The van der Waals surface area contributed by atoms with E-state index in [9.17, 15) is 17.6 Å². The molecule has 0 N–H and O–H groups in total. The molecule has 1 heterocycles. The van der Waals surface area contributed by atoms with Crippen LogP contribution in [0.25, 0.3) is 11.1 Å². The van der Waals surface area contributed by atoms with Crippen molar-refractivity contribution in [2.24, 2.45) is 0 Å². The van der Waals surface area contributed by atoms with Crippen LogP contribution in [0.5, 0.6) is 0 Å². The fraction of sp³-hybridized carbons (Fsp3) is 0.357. The Balaban J connectivity index is 1.40. The summed E-state index contributed by atoms with van der Waals surface area (Å²) in [7, 11) is -0.548. The van der Waals surface area contributed by atoms with Crippen molar-refractivity contribution in [2.75, 3.05) is 0 Å². The van der Waals surface area contributed by atoms with Gasteiger partial charge in [-0.05, 0) is 66.0 Å². The highest BCUT2D eigenvalue weighted by Gasteiger charge is 2.23. The van der Waals surface area contributed by atoms with Gasteiger partial charge in [0.25, 0.3) is 0 Å². The Morgan fingerprint density at radius 2 is 1.52 bits per heavy atom. The quantitative estimate of drug-likeness (QED) is 0.185. The molecule has 3 aromatic carbocycles. The summed E-state index contributed by atoms with van der Waals surface area (Å²) >= 11 is 0. The molecule has 1 fully saturated rings. The lowest BCUT2D eigenvalue weighted by atomic mass is 9.91. The van der Waals surface area contributed by atoms with Crippen LogP contribution in [0.1, 0.15) is 48.8 Å². The molecule has 3 aromatic rings. The minimum absolute atomic E-state index is 0.144. The maximum absolute atomic E-state index is 15.0. The number of aryl methyl sites for hydroxylation is 2. The highest BCUT2D eigenvalue weighted by Crippen LogP contribution is 2.36. The van der Waals surface area contributed by atoms with E-state index >= 15 is 0 Å². The molecule has 174 valence electrons. The standard InChI is InChI=1S/C28H30F4Si/c1-2-15-33-16-13-20(14-17-33)23-9-11-24(26(30)18-23)21-6-3-19(4-7-21)5-8-22-10-12-25(29)28(32)27(22)31/h3-4,6-7,9-12,18,20,33H,2,5,8,13-17H2,1H3.